The molecule has 4 heteroatoms. The first-order valence-corrected chi connectivity index (χ1v) is 11.8. The maximum atomic E-state index is 13.1. The van der Waals surface area contributed by atoms with Crippen LogP contribution in [0.2, 0.25) is 0 Å². The smallest absolute Gasteiger partial charge is 0.507 e. The summed E-state index contributed by atoms with van der Waals surface area (Å²) >= 11 is 0. The monoisotopic (exact) mass is 438 g/mol. The van der Waals surface area contributed by atoms with E-state index in [9.17, 15) is 9.90 Å². The van der Waals surface area contributed by atoms with E-state index in [1.807, 2.05) is 54.6 Å². The number of carbonyl (C=O) groups is 1. The third-order valence-electron chi connectivity index (χ3n) is 7.73. The minimum absolute atomic E-state index is 0.283. The van der Waals surface area contributed by atoms with Gasteiger partial charge in [-0.05, 0) is 54.0 Å². The summed E-state index contributed by atoms with van der Waals surface area (Å²) in [5.41, 5.74) is 3.01. The average Bonchev–Trinajstić information content (AvgIpc) is 3.34. The average molecular weight is 439 g/mol. The third kappa shape index (κ3) is 2.93. The number of phenolic OH excluding ortho intramolecular Hbond substituents is 1. The number of hydrogen-bond acceptors (Lipinski definition) is 4. The van der Waals surface area contributed by atoms with Crippen LogP contribution in [0, 0.1) is 5.92 Å². The molecule has 2 aliphatic carbocycles. The van der Waals surface area contributed by atoms with Gasteiger partial charge < -0.3 is 14.6 Å². The molecule has 1 saturated carbocycles. The number of aryl methyl sites for hydroxylation is 1. The molecule has 0 aromatic heterocycles. The van der Waals surface area contributed by atoms with E-state index in [1.54, 1.807) is 6.07 Å². The second kappa shape index (κ2) is 7.51. The number of carbonyl (C=O) groups excluding carboxylic acids is 1. The SMILES string of the molecule is CCc1cccc2c(O)c3c(c(OC(=O)Oc4cccc5ccccc45)c12)C1CCC3C1C. The first-order chi connectivity index (χ1) is 16.1. The van der Waals surface area contributed by atoms with Crippen LogP contribution in [-0.2, 0) is 6.42 Å². The Bertz CT molecular complexity index is 1420. The summed E-state index contributed by atoms with van der Waals surface area (Å²) in [6.45, 7) is 4.32. The fraction of sp³-hybridized carbons (Fsp3) is 0.276. The zero-order chi connectivity index (χ0) is 22.7. The lowest BCUT2D eigenvalue weighted by molar-refractivity contribution is 0.152. The minimum Gasteiger partial charge on any atom is -0.507 e. The van der Waals surface area contributed by atoms with Crippen LogP contribution < -0.4 is 9.47 Å². The van der Waals surface area contributed by atoms with E-state index in [2.05, 4.69) is 13.8 Å². The summed E-state index contributed by atoms with van der Waals surface area (Å²) in [5, 5.41) is 14.7. The van der Waals surface area contributed by atoms with Crippen LogP contribution in [0.3, 0.4) is 0 Å². The predicted molar refractivity (Wildman–Crippen MR) is 129 cm³/mol. The fourth-order valence-corrected chi connectivity index (χ4v) is 6.20. The van der Waals surface area contributed by atoms with Gasteiger partial charge in [0.1, 0.15) is 17.2 Å². The summed E-state index contributed by atoms with van der Waals surface area (Å²) < 4.78 is 11.8. The Morgan fingerprint density at radius 1 is 0.909 bits per heavy atom. The van der Waals surface area contributed by atoms with Crippen molar-refractivity contribution in [3.05, 3.63) is 77.4 Å². The number of ether oxygens (including phenoxy) is 2. The van der Waals surface area contributed by atoms with Gasteiger partial charge in [-0.15, -0.1) is 0 Å². The molecule has 0 radical (unpaired) electrons. The van der Waals surface area contributed by atoms with Crippen LogP contribution in [0.5, 0.6) is 17.2 Å². The van der Waals surface area contributed by atoms with Crippen molar-refractivity contribution in [1.29, 1.82) is 0 Å². The van der Waals surface area contributed by atoms with Gasteiger partial charge in [0.2, 0.25) is 0 Å². The van der Waals surface area contributed by atoms with Crippen LogP contribution in [0.25, 0.3) is 21.5 Å². The fourth-order valence-electron chi connectivity index (χ4n) is 6.20. The molecule has 2 bridgehead atoms. The number of aromatic hydroxyl groups is 1. The van der Waals surface area contributed by atoms with Crippen LogP contribution in [0.1, 0.15) is 55.2 Å². The molecular formula is C29H26O4. The van der Waals surface area contributed by atoms with Gasteiger partial charge in [-0.1, -0.05) is 68.4 Å². The summed E-state index contributed by atoms with van der Waals surface area (Å²) in [6, 6.07) is 19.4. The molecule has 1 N–H and O–H groups in total. The molecule has 33 heavy (non-hydrogen) atoms. The molecule has 0 heterocycles. The lowest BCUT2D eigenvalue weighted by Gasteiger charge is -2.23. The second-order valence-electron chi connectivity index (χ2n) is 9.28. The standard InChI is InChI=1S/C29H26O4/c1-3-17-9-6-12-22-24(17)28(26-20-15-14-19(16(20)2)25(26)27(22)30)33-29(31)32-23-13-7-10-18-8-4-5-11-21(18)23/h4-13,16,19-20,30H,3,14-15H2,1-2H3. The lowest BCUT2D eigenvalue weighted by atomic mass is 9.86. The van der Waals surface area contributed by atoms with Gasteiger partial charge in [0, 0.05) is 27.3 Å². The summed E-state index contributed by atoms with van der Waals surface area (Å²) in [7, 11) is 0. The summed E-state index contributed by atoms with van der Waals surface area (Å²) in [4.78, 5) is 13.1. The molecule has 4 aromatic carbocycles. The van der Waals surface area contributed by atoms with Gasteiger partial charge >= 0.3 is 6.16 Å². The van der Waals surface area contributed by atoms with Crippen molar-refractivity contribution in [2.45, 2.75) is 44.9 Å². The maximum absolute atomic E-state index is 13.1. The number of rotatable bonds is 3. The van der Waals surface area contributed by atoms with E-state index in [1.165, 1.54) is 0 Å². The van der Waals surface area contributed by atoms with Crippen LogP contribution in [0.4, 0.5) is 4.79 Å². The molecule has 4 aromatic rings. The van der Waals surface area contributed by atoms with E-state index in [4.69, 9.17) is 9.47 Å². The second-order valence-corrected chi connectivity index (χ2v) is 9.28. The Kier molecular flexibility index (Phi) is 4.58. The minimum atomic E-state index is -0.748. The highest BCUT2D eigenvalue weighted by Crippen LogP contribution is 2.63. The predicted octanol–water partition coefficient (Wildman–Crippen LogP) is 7.45. The van der Waals surface area contributed by atoms with Crippen molar-refractivity contribution in [3.63, 3.8) is 0 Å². The van der Waals surface area contributed by atoms with Gasteiger partial charge in [0.05, 0.1) is 0 Å². The van der Waals surface area contributed by atoms with E-state index >= 15 is 0 Å². The first-order valence-electron chi connectivity index (χ1n) is 11.8. The number of hydrogen-bond donors (Lipinski definition) is 1. The van der Waals surface area contributed by atoms with Crippen LogP contribution in [-0.4, -0.2) is 11.3 Å². The summed E-state index contributed by atoms with van der Waals surface area (Å²) in [6.07, 6.45) is 2.13. The molecule has 2 aliphatic rings. The topological polar surface area (TPSA) is 55.8 Å². The molecule has 3 atom stereocenters. The highest BCUT2D eigenvalue weighted by molar-refractivity contribution is 6.00. The number of fused-ring (bicyclic) bond motifs is 7. The quantitative estimate of drug-likeness (QED) is 0.267. The first kappa shape index (κ1) is 20.1. The van der Waals surface area contributed by atoms with Crippen LogP contribution in [0.15, 0.2) is 60.7 Å². The Hall–Kier alpha value is -3.53. The summed E-state index contributed by atoms with van der Waals surface area (Å²) in [5.74, 6) is 2.40. The van der Waals surface area contributed by atoms with Crippen LogP contribution >= 0.6 is 0 Å². The molecule has 0 saturated heterocycles. The van der Waals surface area contributed by atoms with Crippen molar-refractivity contribution in [1.82, 2.24) is 0 Å². The van der Waals surface area contributed by atoms with Crippen molar-refractivity contribution in [2.75, 3.05) is 0 Å². The van der Waals surface area contributed by atoms with Crippen molar-refractivity contribution >= 4 is 27.7 Å². The zero-order valence-corrected chi connectivity index (χ0v) is 18.8. The molecule has 166 valence electrons. The van der Waals surface area contributed by atoms with E-state index in [-0.39, 0.29) is 5.92 Å². The number of benzene rings is 4. The van der Waals surface area contributed by atoms with Gasteiger partial charge in [-0.3, -0.25) is 0 Å². The largest absolute Gasteiger partial charge is 0.519 e. The van der Waals surface area contributed by atoms with Gasteiger partial charge in [-0.2, -0.15) is 0 Å². The third-order valence-corrected chi connectivity index (χ3v) is 7.73. The lowest BCUT2D eigenvalue weighted by Crippen LogP contribution is -2.16. The van der Waals surface area contributed by atoms with Gasteiger partial charge in [0.15, 0.2) is 0 Å². The van der Waals surface area contributed by atoms with Crippen molar-refractivity contribution in [3.8, 4) is 17.2 Å². The van der Waals surface area contributed by atoms with Gasteiger partial charge in [-0.25, -0.2) is 4.79 Å². The Morgan fingerprint density at radius 3 is 2.42 bits per heavy atom. The number of phenols is 1. The van der Waals surface area contributed by atoms with Crippen molar-refractivity contribution in [2.24, 2.45) is 5.92 Å². The highest BCUT2D eigenvalue weighted by atomic mass is 16.7. The Labute approximate surface area is 192 Å². The maximum Gasteiger partial charge on any atom is 0.519 e. The van der Waals surface area contributed by atoms with E-state index in [0.717, 1.165) is 57.5 Å². The molecule has 6 rings (SSSR count). The molecular weight excluding hydrogens is 412 g/mol. The zero-order valence-electron chi connectivity index (χ0n) is 18.8. The molecule has 0 spiro atoms. The molecule has 0 aliphatic heterocycles. The Morgan fingerprint density at radius 2 is 1.61 bits per heavy atom. The Balaban J connectivity index is 1.48. The molecule has 3 unspecified atom stereocenters. The highest BCUT2D eigenvalue weighted by Gasteiger charge is 2.48. The van der Waals surface area contributed by atoms with E-state index < -0.39 is 6.16 Å². The molecule has 4 nitrogen and oxygen atoms in total. The van der Waals surface area contributed by atoms with E-state index in [0.29, 0.717) is 29.1 Å². The van der Waals surface area contributed by atoms with Crippen molar-refractivity contribution < 1.29 is 19.4 Å². The molecule has 0 amide bonds. The van der Waals surface area contributed by atoms with Gasteiger partial charge in [0.25, 0.3) is 0 Å². The molecule has 1 fully saturated rings. The normalized spacial score (nSPS) is 20.8.